The molecule has 0 unspecified atom stereocenters. The van der Waals surface area contributed by atoms with Crippen molar-refractivity contribution < 1.29 is 18.9 Å². The molecule has 8 nitrogen and oxygen atoms in total. The highest BCUT2D eigenvalue weighted by Crippen LogP contribution is 2.31. The Labute approximate surface area is 171 Å². The van der Waals surface area contributed by atoms with E-state index in [-0.39, 0.29) is 11.4 Å². The number of nitrogens with one attached hydrogen (secondary N) is 1. The van der Waals surface area contributed by atoms with Gasteiger partial charge >= 0.3 is 0 Å². The first-order valence-corrected chi connectivity index (χ1v) is 9.06. The lowest BCUT2D eigenvalue weighted by molar-refractivity contribution is -0.384. The van der Waals surface area contributed by atoms with Gasteiger partial charge in [-0.3, -0.25) is 14.9 Å². The first kappa shape index (κ1) is 19.1. The van der Waals surface area contributed by atoms with Crippen molar-refractivity contribution in [2.75, 3.05) is 12.4 Å². The third kappa shape index (κ3) is 3.58. The molecule has 0 radical (unpaired) electrons. The standard InChI is InChI=1S/C22H17N3O5/c1-13-7-10-21(30-13)19-12-16(15-5-3-4-6-17(15)23-19)22(26)24-18-9-8-14(29-2)11-20(18)25(27)28/h3-12H,1-2H3,(H,24,26). The van der Waals surface area contributed by atoms with Crippen LogP contribution < -0.4 is 10.1 Å². The highest BCUT2D eigenvalue weighted by Gasteiger charge is 2.20. The Hall–Kier alpha value is -4.20. The zero-order chi connectivity index (χ0) is 21.3. The number of fused-ring (bicyclic) bond motifs is 1. The predicted octanol–water partition coefficient (Wildman–Crippen LogP) is 4.97. The number of rotatable bonds is 5. The normalized spacial score (nSPS) is 10.7. The van der Waals surface area contributed by atoms with Gasteiger partial charge in [0.25, 0.3) is 11.6 Å². The molecule has 2 heterocycles. The Morgan fingerprint density at radius 2 is 1.93 bits per heavy atom. The number of anilines is 1. The van der Waals surface area contributed by atoms with Gasteiger partial charge in [-0.1, -0.05) is 18.2 Å². The van der Waals surface area contributed by atoms with Gasteiger partial charge in [0.15, 0.2) is 5.76 Å². The van der Waals surface area contributed by atoms with Gasteiger partial charge in [-0.15, -0.1) is 0 Å². The van der Waals surface area contributed by atoms with Crippen LogP contribution in [0.5, 0.6) is 5.75 Å². The molecule has 1 amide bonds. The first-order valence-electron chi connectivity index (χ1n) is 9.06. The number of hydrogen-bond acceptors (Lipinski definition) is 6. The molecule has 0 aliphatic carbocycles. The molecule has 30 heavy (non-hydrogen) atoms. The highest BCUT2D eigenvalue weighted by atomic mass is 16.6. The second kappa shape index (κ2) is 7.67. The third-order valence-electron chi connectivity index (χ3n) is 4.60. The van der Waals surface area contributed by atoms with E-state index in [2.05, 4.69) is 10.3 Å². The van der Waals surface area contributed by atoms with Crippen molar-refractivity contribution in [2.24, 2.45) is 0 Å². The molecule has 1 N–H and O–H groups in total. The lowest BCUT2D eigenvalue weighted by atomic mass is 10.1. The second-order valence-electron chi connectivity index (χ2n) is 6.58. The summed E-state index contributed by atoms with van der Waals surface area (Å²) in [7, 11) is 1.41. The van der Waals surface area contributed by atoms with Crippen LogP contribution >= 0.6 is 0 Å². The number of amides is 1. The minimum absolute atomic E-state index is 0.0714. The van der Waals surface area contributed by atoms with Crippen LogP contribution in [0.25, 0.3) is 22.4 Å². The maximum Gasteiger partial charge on any atom is 0.296 e. The number of pyridine rings is 1. The number of aromatic nitrogens is 1. The van der Waals surface area contributed by atoms with Gasteiger partial charge in [-0.25, -0.2) is 4.98 Å². The number of nitro groups is 1. The maximum atomic E-state index is 13.1. The average molecular weight is 403 g/mol. The van der Waals surface area contributed by atoms with Crippen molar-refractivity contribution in [3.63, 3.8) is 0 Å². The molecule has 2 aromatic carbocycles. The van der Waals surface area contributed by atoms with Crippen LogP contribution in [0.2, 0.25) is 0 Å². The molecular weight excluding hydrogens is 386 g/mol. The minimum atomic E-state index is -0.570. The van der Waals surface area contributed by atoms with Crippen LogP contribution in [0.1, 0.15) is 16.1 Å². The van der Waals surface area contributed by atoms with E-state index in [4.69, 9.17) is 9.15 Å². The zero-order valence-corrected chi connectivity index (χ0v) is 16.2. The molecule has 0 saturated carbocycles. The smallest absolute Gasteiger partial charge is 0.296 e. The van der Waals surface area contributed by atoms with Gasteiger partial charge in [0, 0.05) is 5.39 Å². The summed E-state index contributed by atoms with van der Waals surface area (Å²) in [4.78, 5) is 28.6. The van der Waals surface area contributed by atoms with Gasteiger partial charge in [-0.05, 0) is 43.3 Å². The number of para-hydroxylation sites is 1. The number of aryl methyl sites for hydroxylation is 1. The number of ether oxygens (including phenoxy) is 1. The lowest BCUT2D eigenvalue weighted by Gasteiger charge is -2.11. The van der Waals surface area contributed by atoms with Crippen molar-refractivity contribution in [3.8, 4) is 17.2 Å². The Morgan fingerprint density at radius 3 is 2.63 bits per heavy atom. The molecule has 4 rings (SSSR count). The topological polar surface area (TPSA) is 108 Å². The fourth-order valence-electron chi connectivity index (χ4n) is 3.15. The number of carbonyl (C=O) groups excluding carboxylic acids is 1. The Morgan fingerprint density at radius 1 is 1.13 bits per heavy atom. The molecular formula is C22H17N3O5. The van der Waals surface area contributed by atoms with Crippen molar-refractivity contribution in [1.29, 1.82) is 0 Å². The third-order valence-corrected chi connectivity index (χ3v) is 4.60. The summed E-state index contributed by atoms with van der Waals surface area (Å²) in [6.07, 6.45) is 0. The molecule has 0 fully saturated rings. The number of methoxy groups -OCH3 is 1. The SMILES string of the molecule is COc1ccc(NC(=O)c2cc(-c3ccc(C)o3)nc3ccccc23)c([N+](=O)[O-])c1. The van der Waals surface area contributed by atoms with E-state index in [1.54, 1.807) is 36.4 Å². The van der Waals surface area contributed by atoms with E-state index < -0.39 is 10.8 Å². The van der Waals surface area contributed by atoms with Gasteiger partial charge in [-0.2, -0.15) is 0 Å². The van der Waals surface area contributed by atoms with Crippen LogP contribution in [-0.2, 0) is 0 Å². The van der Waals surface area contributed by atoms with Crippen molar-refractivity contribution in [1.82, 2.24) is 4.98 Å². The lowest BCUT2D eigenvalue weighted by Crippen LogP contribution is -2.14. The van der Waals surface area contributed by atoms with Gasteiger partial charge < -0.3 is 14.5 Å². The predicted molar refractivity (Wildman–Crippen MR) is 112 cm³/mol. The molecule has 8 heteroatoms. The molecule has 0 saturated heterocycles. The number of nitrogens with zero attached hydrogens (tertiary/aromatic N) is 2. The van der Waals surface area contributed by atoms with Gasteiger partial charge in [0.05, 0.1) is 29.2 Å². The number of nitro benzene ring substituents is 1. The summed E-state index contributed by atoms with van der Waals surface area (Å²) in [5.74, 6) is 1.08. The minimum Gasteiger partial charge on any atom is -0.496 e. The average Bonchev–Trinajstić information content (AvgIpc) is 3.19. The Kier molecular flexibility index (Phi) is 4.89. The van der Waals surface area contributed by atoms with E-state index >= 15 is 0 Å². The van der Waals surface area contributed by atoms with E-state index in [0.29, 0.717) is 33.7 Å². The molecule has 4 aromatic rings. The summed E-state index contributed by atoms with van der Waals surface area (Å²) in [6.45, 7) is 1.82. The Balaban J connectivity index is 1.79. The van der Waals surface area contributed by atoms with E-state index in [9.17, 15) is 14.9 Å². The van der Waals surface area contributed by atoms with E-state index in [1.807, 2.05) is 19.1 Å². The van der Waals surface area contributed by atoms with Crippen LogP contribution in [0.4, 0.5) is 11.4 Å². The van der Waals surface area contributed by atoms with Crippen molar-refractivity contribution >= 4 is 28.2 Å². The zero-order valence-electron chi connectivity index (χ0n) is 16.2. The number of carbonyl (C=O) groups is 1. The van der Waals surface area contributed by atoms with Crippen LogP contribution in [0.15, 0.2) is 65.1 Å². The molecule has 0 aliphatic rings. The molecule has 0 atom stereocenters. The summed E-state index contributed by atoms with van der Waals surface area (Å²) in [6, 6.07) is 16.6. The number of hydrogen-bond donors (Lipinski definition) is 1. The molecule has 0 bridgehead atoms. The summed E-state index contributed by atoms with van der Waals surface area (Å²) >= 11 is 0. The summed E-state index contributed by atoms with van der Waals surface area (Å²) in [5.41, 5.74) is 1.24. The highest BCUT2D eigenvalue weighted by molar-refractivity contribution is 6.13. The fourth-order valence-corrected chi connectivity index (χ4v) is 3.15. The fraction of sp³-hybridized carbons (Fsp3) is 0.0909. The quantitative estimate of drug-likeness (QED) is 0.372. The molecule has 150 valence electrons. The van der Waals surface area contributed by atoms with Gasteiger partial charge in [0.2, 0.25) is 0 Å². The molecule has 0 spiro atoms. The molecule has 0 aliphatic heterocycles. The van der Waals surface area contributed by atoms with Crippen LogP contribution in [0.3, 0.4) is 0 Å². The number of furan rings is 1. The van der Waals surface area contributed by atoms with Gasteiger partial charge in [0.1, 0.15) is 22.9 Å². The van der Waals surface area contributed by atoms with E-state index in [1.165, 1.54) is 19.2 Å². The monoisotopic (exact) mass is 403 g/mol. The summed E-state index contributed by atoms with van der Waals surface area (Å²) in [5, 5.41) is 14.7. The summed E-state index contributed by atoms with van der Waals surface area (Å²) < 4.78 is 10.7. The van der Waals surface area contributed by atoms with E-state index in [0.717, 1.165) is 5.76 Å². The largest absolute Gasteiger partial charge is 0.496 e. The van der Waals surface area contributed by atoms with Crippen LogP contribution in [-0.4, -0.2) is 22.9 Å². The second-order valence-corrected chi connectivity index (χ2v) is 6.58. The van der Waals surface area contributed by atoms with Crippen molar-refractivity contribution in [3.05, 3.63) is 82.1 Å². The van der Waals surface area contributed by atoms with Crippen molar-refractivity contribution in [2.45, 2.75) is 6.92 Å². The Bertz CT molecular complexity index is 1280. The molecule has 2 aromatic heterocycles. The maximum absolute atomic E-state index is 13.1. The van der Waals surface area contributed by atoms with Crippen LogP contribution in [0, 0.1) is 17.0 Å². The first-order chi connectivity index (χ1) is 14.5. The number of benzene rings is 2.